The molecule has 0 aliphatic carbocycles. The number of likely N-dealkylation sites (tertiary alicyclic amines) is 1. The van der Waals surface area contributed by atoms with Gasteiger partial charge in [-0.3, -0.25) is 14.4 Å². The standard InChI is InChI=1S/C18H29N3O4S/c1-4-5-10(2)20-16(24)14-18-7-6-11(26-18)12(15(23)19-3)13(18)17(25)21(14)8-9-22/h10-14,22H,4-9H2,1-3H3,(H,19,23)(H,20,24)/t10?,11-,12+,13-,14?,18?/m0/s1. The van der Waals surface area contributed by atoms with Crippen LogP contribution in [0.5, 0.6) is 0 Å². The summed E-state index contributed by atoms with van der Waals surface area (Å²) in [6, 6.07) is -0.580. The van der Waals surface area contributed by atoms with Crippen molar-refractivity contribution in [2.24, 2.45) is 11.8 Å². The molecule has 7 nitrogen and oxygen atoms in total. The van der Waals surface area contributed by atoms with Gasteiger partial charge in [-0.05, 0) is 26.2 Å². The summed E-state index contributed by atoms with van der Waals surface area (Å²) in [7, 11) is 1.59. The highest BCUT2D eigenvalue weighted by Crippen LogP contribution is 2.66. The van der Waals surface area contributed by atoms with Gasteiger partial charge in [0.15, 0.2) is 0 Å². The molecule has 0 aromatic rings. The maximum Gasteiger partial charge on any atom is 0.244 e. The molecule has 146 valence electrons. The number of hydrogen-bond acceptors (Lipinski definition) is 5. The number of thioether (sulfide) groups is 1. The second-order valence-corrected chi connectivity index (χ2v) is 9.23. The van der Waals surface area contributed by atoms with Crippen LogP contribution in [0, 0.1) is 11.8 Å². The maximum atomic E-state index is 13.2. The first-order chi connectivity index (χ1) is 12.4. The zero-order valence-corrected chi connectivity index (χ0v) is 16.5. The number of aliphatic hydroxyl groups excluding tert-OH is 1. The summed E-state index contributed by atoms with van der Waals surface area (Å²) in [6.07, 6.45) is 3.44. The maximum absolute atomic E-state index is 13.2. The minimum absolute atomic E-state index is 0.0346. The van der Waals surface area contributed by atoms with Crippen LogP contribution in [-0.2, 0) is 14.4 Å². The first kappa shape index (κ1) is 19.5. The van der Waals surface area contributed by atoms with Gasteiger partial charge in [0.1, 0.15) is 6.04 Å². The number of aliphatic hydroxyl groups is 1. The van der Waals surface area contributed by atoms with Crippen molar-refractivity contribution in [3.05, 3.63) is 0 Å². The monoisotopic (exact) mass is 383 g/mol. The molecule has 26 heavy (non-hydrogen) atoms. The number of nitrogens with one attached hydrogen (secondary N) is 2. The normalized spacial score (nSPS) is 36.2. The summed E-state index contributed by atoms with van der Waals surface area (Å²) in [5.74, 6) is -1.30. The highest BCUT2D eigenvalue weighted by molar-refractivity contribution is 8.02. The Kier molecular flexibility index (Phi) is 5.53. The van der Waals surface area contributed by atoms with Gasteiger partial charge in [-0.15, -0.1) is 11.8 Å². The van der Waals surface area contributed by atoms with E-state index in [1.54, 1.807) is 18.8 Å². The largest absolute Gasteiger partial charge is 0.395 e. The molecule has 0 aromatic heterocycles. The van der Waals surface area contributed by atoms with E-state index >= 15 is 0 Å². The van der Waals surface area contributed by atoms with Crippen molar-refractivity contribution in [3.63, 3.8) is 0 Å². The van der Waals surface area contributed by atoms with Gasteiger partial charge >= 0.3 is 0 Å². The Bertz CT molecular complexity index is 601. The number of nitrogens with zero attached hydrogens (tertiary/aromatic N) is 1. The Balaban J connectivity index is 1.93. The van der Waals surface area contributed by atoms with Crippen molar-refractivity contribution in [1.29, 1.82) is 0 Å². The summed E-state index contributed by atoms with van der Waals surface area (Å²) in [5.41, 5.74) is 0. The van der Waals surface area contributed by atoms with Gasteiger partial charge in [0.25, 0.3) is 0 Å². The lowest BCUT2D eigenvalue weighted by atomic mass is 9.70. The summed E-state index contributed by atoms with van der Waals surface area (Å²) in [6.45, 7) is 3.97. The van der Waals surface area contributed by atoms with E-state index < -0.39 is 22.6 Å². The number of hydrogen-bond donors (Lipinski definition) is 3. The van der Waals surface area contributed by atoms with E-state index in [4.69, 9.17) is 0 Å². The van der Waals surface area contributed by atoms with Crippen LogP contribution in [0.25, 0.3) is 0 Å². The zero-order valence-electron chi connectivity index (χ0n) is 15.7. The fourth-order valence-corrected chi connectivity index (χ4v) is 7.32. The van der Waals surface area contributed by atoms with E-state index in [-0.39, 0.29) is 42.2 Å². The predicted octanol–water partition coefficient (Wildman–Crippen LogP) is 0.121. The Labute approximate surface area is 158 Å². The van der Waals surface area contributed by atoms with E-state index in [9.17, 15) is 19.5 Å². The number of carbonyl (C=O) groups excluding carboxylic acids is 3. The highest BCUT2D eigenvalue weighted by atomic mass is 32.2. The quantitative estimate of drug-likeness (QED) is 0.580. The fraction of sp³-hybridized carbons (Fsp3) is 0.833. The molecule has 3 fully saturated rings. The Morgan fingerprint density at radius 2 is 2.15 bits per heavy atom. The fourth-order valence-electron chi connectivity index (χ4n) is 5.10. The van der Waals surface area contributed by atoms with Crippen molar-refractivity contribution in [2.45, 2.75) is 61.6 Å². The van der Waals surface area contributed by atoms with Crippen molar-refractivity contribution >= 4 is 29.5 Å². The first-order valence-electron chi connectivity index (χ1n) is 9.52. The van der Waals surface area contributed by atoms with Gasteiger partial charge in [0.2, 0.25) is 17.7 Å². The minimum Gasteiger partial charge on any atom is -0.395 e. The summed E-state index contributed by atoms with van der Waals surface area (Å²) < 4.78 is -0.551. The van der Waals surface area contributed by atoms with Gasteiger partial charge in [-0.25, -0.2) is 0 Å². The van der Waals surface area contributed by atoms with Crippen LogP contribution >= 0.6 is 11.8 Å². The van der Waals surface area contributed by atoms with Crippen LogP contribution < -0.4 is 10.6 Å². The van der Waals surface area contributed by atoms with Gasteiger partial charge in [-0.1, -0.05) is 13.3 Å². The number of rotatable bonds is 7. The van der Waals surface area contributed by atoms with Crippen LogP contribution in [0.1, 0.15) is 39.5 Å². The number of carbonyl (C=O) groups is 3. The average molecular weight is 384 g/mol. The molecule has 3 unspecified atom stereocenters. The molecule has 3 rings (SSSR count). The lowest BCUT2D eigenvalue weighted by molar-refractivity contribution is -0.140. The molecule has 0 aromatic carbocycles. The molecule has 1 spiro atoms. The topological polar surface area (TPSA) is 98.7 Å². The third-order valence-electron chi connectivity index (χ3n) is 6.05. The molecule has 0 radical (unpaired) electrons. The van der Waals surface area contributed by atoms with E-state index in [0.717, 1.165) is 25.7 Å². The van der Waals surface area contributed by atoms with Crippen LogP contribution in [0.4, 0.5) is 0 Å². The molecule has 8 heteroatoms. The summed E-state index contributed by atoms with van der Waals surface area (Å²) in [4.78, 5) is 40.3. The van der Waals surface area contributed by atoms with E-state index in [0.29, 0.717) is 0 Å². The van der Waals surface area contributed by atoms with Crippen molar-refractivity contribution < 1.29 is 19.5 Å². The predicted molar refractivity (Wildman–Crippen MR) is 99.5 cm³/mol. The summed E-state index contributed by atoms with van der Waals surface area (Å²) in [5, 5.41) is 15.3. The average Bonchev–Trinajstić information content (AvgIpc) is 3.23. The minimum atomic E-state index is -0.615. The Hall–Kier alpha value is -1.28. The molecule has 3 aliphatic heterocycles. The summed E-state index contributed by atoms with van der Waals surface area (Å²) >= 11 is 1.65. The molecule has 3 amide bonds. The van der Waals surface area contributed by atoms with Gasteiger partial charge in [-0.2, -0.15) is 0 Å². The lowest BCUT2D eigenvalue weighted by Gasteiger charge is -2.34. The van der Waals surface area contributed by atoms with Crippen LogP contribution in [0.3, 0.4) is 0 Å². The van der Waals surface area contributed by atoms with Crippen LogP contribution in [0.15, 0.2) is 0 Å². The SMILES string of the molecule is CCCC(C)NC(=O)C1N(CCO)C(=O)[C@@H]2[C@H](C(=O)NC)[C@@H]3CCC12S3. The molecular weight excluding hydrogens is 354 g/mol. The molecule has 3 aliphatic rings. The molecule has 3 saturated heterocycles. The molecule has 3 heterocycles. The van der Waals surface area contributed by atoms with Crippen LogP contribution in [-0.4, -0.2) is 70.0 Å². The van der Waals surface area contributed by atoms with Crippen molar-refractivity contribution in [2.75, 3.05) is 20.2 Å². The van der Waals surface area contributed by atoms with E-state index in [1.807, 2.05) is 6.92 Å². The van der Waals surface area contributed by atoms with Gasteiger partial charge < -0.3 is 20.6 Å². The lowest BCUT2D eigenvalue weighted by Crippen LogP contribution is -2.55. The Morgan fingerprint density at radius 1 is 1.42 bits per heavy atom. The second-order valence-electron chi connectivity index (χ2n) is 7.62. The number of amides is 3. The first-order valence-corrected chi connectivity index (χ1v) is 10.4. The number of β-amino-alcohol motifs (C(OH)–C–C–N with tert-alkyl or cyclic N) is 1. The third kappa shape index (κ3) is 2.81. The molecule has 0 saturated carbocycles. The molecule has 3 N–H and O–H groups in total. The van der Waals surface area contributed by atoms with Crippen molar-refractivity contribution in [3.8, 4) is 0 Å². The molecular formula is C18H29N3O4S. The second kappa shape index (κ2) is 7.38. The third-order valence-corrected chi connectivity index (χ3v) is 8.00. The van der Waals surface area contributed by atoms with Gasteiger partial charge in [0, 0.05) is 24.9 Å². The van der Waals surface area contributed by atoms with Gasteiger partial charge in [0.05, 0.1) is 23.2 Å². The van der Waals surface area contributed by atoms with E-state index in [2.05, 4.69) is 17.6 Å². The molecule has 6 atom stereocenters. The number of fused-ring (bicyclic) bond motifs is 1. The van der Waals surface area contributed by atoms with Crippen molar-refractivity contribution in [1.82, 2.24) is 15.5 Å². The highest BCUT2D eigenvalue weighted by Gasteiger charge is 2.73. The van der Waals surface area contributed by atoms with Crippen LogP contribution in [0.2, 0.25) is 0 Å². The van der Waals surface area contributed by atoms with E-state index in [1.165, 1.54) is 4.90 Å². The Morgan fingerprint density at radius 3 is 2.77 bits per heavy atom. The zero-order chi connectivity index (χ0) is 19.1. The smallest absolute Gasteiger partial charge is 0.244 e. The molecule has 2 bridgehead atoms.